The van der Waals surface area contributed by atoms with E-state index in [4.69, 9.17) is 4.74 Å². The third-order valence-electron chi connectivity index (χ3n) is 3.46. The first-order valence-electron chi connectivity index (χ1n) is 6.70. The van der Waals surface area contributed by atoms with Crippen molar-refractivity contribution in [2.24, 2.45) is 0 Å². The molecule has 1 unspecified atom stereocenters. The molecule has 5 heteroatoms. The van der Waals surface area contributed by atoms with Gasteiger partial charge in [-0.3, -0.25) is 0 Å². The summed E-state index contributed by atoms with van der Waals surface area (Å²) in [5, 5.41) is 3.15. The van der Waals surface area contributed by atoms with Crippen molar-refractivity contribution in [1.82, 2.24) is 14.9 Å². The van der Waals surface area contributed by atoms with Crippen LogP contribution < -0.4 is 10.1 Å². The number of rotatable bonds is 6. The predicted octanol–water partition coefficient (Wildman–Crippen LogP) is 2.55. The van der Waals surface area contributed by atoms with Gasteiger partial charge in [0, 0.05) is 37.0 Å². The smallest absolute Gasteiger partial charge is 0.131 e. The molecule has 0 saturated heterocycles. The Morgan fingerprint density at radius 2 is 2.25 bits per heavy atom. The summed E-state index contributed by atoms with van der Waals surface area (Å²) in [6.45, 7) is 2.91. The van der Waals surface area contributed by atoms with E-state index in [1.165, 1.54) is 6.07 Å². The molecule has 0 fully saturated rings. The molecule has 0 saturated carbocycles. The van der Waals surface area contributed by atoms with Crippen molar-refractivity contribution in [3.05, 3.63) is 47.8 Å². The van der Waals surface area contributed by atoms with Crippen LogP contribution in [0.25, 0.3) is 0 Å². The largest absolute Gasteiger partial charge is 0.496 e. The number of hydrogen-bond donors (Lipinski definition) is 1. The highest BCUT2D eigenvalue weighted by molar-refractivity contribution is 5.37. The number of benzene rings is 1. The van der Waals surface area contributed by atoms with Crippen molar-refractivity contribution < 1.29 is 9.13 Å². The second kappa shape index (κ2) is 6.52. The van der Waals surface area contributed by atoms with Gasteiger partial charge in [-0.2, -0.15) is 0 Å². The van der Waals surface area contributed by atoms with E-state index < -0.39 is 0 Å². The van der Waals surface area contributed by atoms with Crippen molar-refractivity contribution in [1.29, 1.82) is 0 Å². The minimum Gasteiger partial charge on any atom is -0.496 e. The lowest BCUT2D eigenvalue weighted by molar-refractivity contribution is 0.391. The van der Waals surface area contributed by atoms with Gasteiger partial charge in [0.05, 0.1) is 7.11 Å². The molecule has 1 aromatic carbocycles. The van der Waals surface area contributed by atoms with Crippen LogP contribution in [-0.4, -0.2) is 23.7 Å². The third-order valence-corrected chi connectivity index (χ3v) is 3.46. The highest BCUT2D eigenvalue weighted by atomic mass is 19.1. The van der Waals surface area contributed by atoms with Gasteiger partial charge in [0.25, 0.3) is 0 Å². The molecule has 108 valence electrons. The van der Waals surface area contributed by atoms with Crippen LogP contribution in [0.3, 0.4) is 0 Å². The molecule has 20 heavy (non-hydrogen) atoms. The number of imidazole rings is 1. The van der Waals surface area contributed by atoms with Gasteiger partial charge in [-0.15, -0.1) is 0 Å². The minimum absolute atomic E-state index is 0.182. The van der Waals surface area contributed by atoms with E-state index in [-0.39, 0.29) is 11.9 Å². The zero-order chi connectivity index (χ0) is 14.5. The van der Waals surface area contributed by atoms with E-state index in [1.54, 1.807) is 25.4 Å². The minimum atomic E-state index is -0.265. The van der Waals surface area contributed by atoms with Crippen molar-refractivity contribution in [2.45, 2.75) is 25.9 Å². The maximum absolute atomic E-state index is 14.1. The zero-order valence-electron chi connectivity index (χ0n) is 12.1. The third kappa shape index (κ3) is 2.82. The number of aromatic nitrogens is 2. The Labute approximate surface area is 118 Å². The first kappa shape index (κ1) is 14.5. The number of likely N-dealkylation sites (N-methyl/N-ethyl adjacent to an activating group) is 1. The number of ether oxygens (including phenoxy) is 1. The molecule has 0 amide bonds. The molecule has 1 aromatic heterocycles. The van der Waals surface area contributed by atoms with Crippen LogP contribution in [0, 0.1) is 5.82 Å². The molecular weight excluding hydrogens is 257 g/mol. The molecule has 0 radical (unpaired) electrons. The molecule has 1 heterocycles. The maximum atomic E-state index is 14.1. The molecular formula is C15H20FN3O. The Bertz CT molecular complexity index is 568. The van der Waals surface area contributed by atoms with Gasteiger partial charge in [-0.1, -0.05) is 6.07 Å². The topological polar surface area (TPSA) is 39.1 Å². The van der Waals surface area contributed by atoms with Crippen LogP contribution in [0.5, 0.6) is 5.75 Å². The van der Waals surface area contributed by atoms with Gasteiger partial charge >= 0.3 is 0 Å². The highest BCUT2D eigenvalue weighted by Crippen LogP contribution is 2.29. The van der Waals surface area contributed by atoms with Gasteiger partial charge in [-0.05, 0) is 26.1 Å². The molecule has 2 rings (SSSR count). The van der Waals surface area contributed by atoms with E-state index in [9.17, 15) is 4.39 Å². The van der Waals surface area contributed by atoms with E-state index >= 15 is 0 Å². The Morgan fingerprint density at radius 3 is 2.90 bits per heavy atom. The maximum Gasteiger partial charge on any atom is 0.131 e. The summed E-state index contributed by atoms with van der Waals surface area (Å²) in [6, 6.07) is 4.69. The number of hydrogen-bond acceptors (Lipinski definition) is 3. The second-order valence-corrected chi connectivity index (χ2v) is 4.53. The van der Waals surface area contributed by atoms with Gasteiger partial charge in [0.1, 0.15) is 17.4 Å². The zero-order valence-corrected chi connectivity index (χ0v) is 12.1. The first-order chi connectivity index (χ1) is 9.71. The van der Waals surface area contributed by atoms with E-state index in [1.807, 2.05) is 13.2 Å². The van der Waals surface area contributed by atoms with Crippen molar-refractivity contribution in [3.8, 4) is 5.75 Å². The Kier molecular flexibility index (Phi) is 4.74. The fraction of sp³-hybridized carbons (Fsp3) is 0.400. The van der Waals surface area contributed by atoms with E-state index in [0.29, 0.717) is 17.7 Å². The fourth-order valence-corrected chi connectivity index (χ4v) is 2.38. The van der Waals surface area contributed by atoms with Crippen LogP contribution in [0.2, 0.25) is 0 Å². The average molecular weight is 277 g/mol. The summed E-state index contributed by atoms with van der Waals surface area (Å²) in [7, 11) is 3.37. The van der Waals surface area contributed by atoms with Gasteiger partial charge in [0.2, 0.25) is 0 Å². The molecule has 0 spiro atoms. The molecule has 0 aliphatic carbocycles. The summed E-state index contributed by atoms with van der Waals surface area (Å²) in [5.41, 5.74) is 0.545. The molecule has 0 aliphatic rings. The normalized spacial score (nSPS) is 12.4. The van der Waals surface area contributed by atoms with E-state index in [0.717, 1.165) is 12.4 Å². The fourth-order valence-electron chi connectivity index (χ4n) is 2.38. The second-order valence-electron chi connectivity index (χ2n) is 4.53. The van der Waals surface area contributed by atoms with Crippen LogP contribution in [-0.2, 0) is 13.0 Å². The highest BCUT2D eigenvalue weighted by Gasteiger charge is 2.21. The van der Waals surface area contributed by atoms with Gasteiger partial charge < -0.3 is 14.6 Å². The standard InChI is InChI=1S/C15H20FN3O/c1-4-19-9-8-18-14(19)10-12(17-2)15-11(16)6-5-7-13(15)20-3/h5-9,12,17H,4,10H2,1-3H3. The van der Waals surface area contributed by atoms with Crippen molar-refractivity contribution in [3.63, 3.8) is 0 Å². The molecule has 0 aliphatic heterocycles. The van der Waals surface area contributed by atoms with Crippen LogP contribution in [0.15, 0.2) is 30.6 Å². The SMILES string of the molecule is CCn1ccnc1CC(NC)c1c(F)cccc1OC. The molecule has 1 atom stereocenters. The van der Waals surface area contributed by atoms with E-state index in [2.05, 4.69) is 21.8 Å². The summed E-state index contributed by atoms with van der Waals surface area (Å²) < 4.78 is 21.5. The Balaban J connectivity index is 2.33. The lowest BCUT2D eigenvalue weighted by Crippen LogP contribution is -2.22. The molecule has 0 bridgehead atoms. The molecule has 2 aromatic rings. The molecule has 4 nitrogen and oxygen atoms in total. The average Bonchev–Trinajstić information content (AvgIpc) is 2.92. The quantitative estimate of drug-likeness (QED) is 0.882. The Hall–Kier alpha value is -1.88. The van der Waals surface area contributed by atoms with Crippen LogP contribution >= 0.6 is 0 Å². The van der Waals surface area contributed by atoms with Crippen molar-refractivity contribution in [2.75, 3.05) is 14.2 Å². The summed E-state index contributed by atoms with van der Waals surface area (Å²) >= 11 is 0. The Morgan fingerprint density at radius 1 is 1.45 bits per heavy atom. The summed E-state index contributed by atoms with van der Waals surface area (Å²) in [5.74, 6) is 1.22. The lowest BCUT2D eigenvalue weighted by atomic mass is 10.0. The van der Waals surface area contributed by atoms with Gasteiger partial charge in [-0.25, -0.2) is 9.37 Å². The first-order valence-corrected chi connectivity index (χ1v) is 6.70. The number of nitrogens with one attached hydrogen (secondary N) is 1. The lowest BCUT2D eigenvalue weighted by Gasteiger charge is -2.20. The summed E-state index contributed by atoms with van der Waals surface area (Å²) in [6.07, 6.45) is 4.30. The number of halogens is 1. The predicted molar refractivity (Wildman–Crippen MR) is 76.4 cm³/mol. The van der Waals surface area contributed by atoms with Crippen molar-refractivity contribution >= 4 is 0 Å². The number of methoxy groups -OCH3 is 1. The van der Waals surface area contributed by atoms with Crippen LogP contribution in [0.1, 0.15) is 24.4 Å². The summed E-state index contributed by atoms with van der Waals surface area (Å²) in [4.78, 5) is 4.35. The van der Waals surface area contributed by atoms with Gasteiger partial charge in [0.15, 0.2) is 0 Å². The number of aryl methyl sites for hydroxylation is 1. The van der Waals surface area contributed by atoms with Crippen LogP contribution in [0.4, 0.5) is 4.39 Å². The monoisotopic (exact) mass is 277 g/mol. The number of nitrogens with zero attached hydrogens (tertiary/aromatic N) is 2. The molecule has 1 N–H and O–H groups in total.